The number of nitrogens with one attached hydrogen (secondary N) is 1. The fourth-order valence-corrected chi connectivity index (χ4v) is 5.38. The Labute approximate surface area is 238 Å². The van der Waals surface area contributed by atoms with Gasteiger partial charge in [-0.3, -0.25) is 9.59 Å². The Balaban J connectivity index is 0.000000299. The second kappa shape index (κ2) is 13.1. The van der Waals surface area contributed by atoms with Gasteiger partial charge in [0.1, 0.15) is 17.7 Å². The summed E-state index contributed by atoms with van der Waals surface area (Å²) >= 11 is 0. The highest BCUT2D eigenvalue weighted by molar-refractivity contribution is 5.96. The molecule has 218 valence electrons. The molecule has 0 spiro atoms. The molecule has 8 nitrogen and oxygen atoms in total. The number of ether oxygens (including phenoxy) is 1. The van der Waals surface area contributed by atoms with Gasteiger partial charge in [0.05, 0.1) is 22.8 Å². The van der Waals surface area contributed by atoms with Crippen molar-refractivity contribution in [1.82, 2.24) is 15.1 Å². The third kappa shape index (κ3) is 6.64. The van der Waals surface area contributed by atoms with Gasteiger partial charge >= 0.3 is 5.97 Å². The van der Waals surface area contributed by atoms with E-state index < -0.39 is 11.6 Å². The number of benzene rings is 2. The maximum absolute atomic E-state index is 13.8. The van der Waals surface area contributed by atoms with Gasteiger partial charge in [0.25, 0.3) is 0 Å². The summed E-state index contributed by atoms with van der Waals surface area (Å²) < 4.78 is 37.3. The molecule has 2 aromatic heterocycles. The number of fused-ring (bicyclic) bond motifs is 1. The number of carbonyl (C=O) groups is 2. The van der Waals surface area contributed by atoms with Crippen LogP contribution in [0.1, 0.15) is 82.6 Å². The van der Waals surface area contributed by atoms with E-state index in [1.54, 1.807) is 0 Å². The Kier molecular flexibility index (Phi) is 9.52. The fraction of sp³-hybridized carbons (Fsp3) is 0.419. The molecule has 2 fully saturated rings. The van der Waals surface area contributed by atoms with E-state index in [1.807, 2.05) is 45.9 Å². The van der Waals surface area contributed by atoms with Crippen LogP contribution in [0.25, 0.3) is 22.2 Å². The van der Waals surface area contributed by atoms with E-state index in [0.717, 1.165) is 58.6 Å². The summed E-state index contributed by atoms with van der Waals surface area (Å²) in [5.41, 5.74) is 4.58. The van der Waals surface area contributed by atoms with Gasteiger partial charge in [-0.1, -0.05) is 25.1 Å². The average molecular weight is 567 g/mol. The minimum atomic E-state index is -0.986. The summed E-state index contributed by atoms with van der Waals surface area (Å²) in [6.45, 7) is 9.22. The fourth-order valence-electron chi connectivity index (χ4n) is 5.38. The number of halogens is 2. The van der Waals surface area contributed by atoms with Crippen LogP contribution in [-0.2, 0) is 14.3 Å². The molecule has 1 saturated heterocycles. The molecule has 0 radical (unpaired) electrons. The minimum absolute atomic E-state index is 0.137. The number of esters is 1. The third-order valence-electron chi connectivity index (χ3n) is 7.17. The maximum Gasteiger partial charge on any atom is 0.302 e. The number of hydrogen-bond acceptors (Lipinski definition) is 6. The van der Waals surface area contributed by atoms with Crippen molar-refractivity contribution in [2.24, 2.45) is 0 Å². The molecule has 1 aliphatic heterocycles. The summed E-state index contributed by atoms with van der Waals surface area (Å²) in [5.74, 6) is -0.879. The lowest BCUT2D eigenvalue weighted by atomic mass is 10.0. The molecule has 1 N–H and O–H groups in total. The van der Waals surface area contributed by atoms with Crippen molar-refractivity contribution >= 4 is 28.6 Å². The van der Waals surface area contributed by atoms with Gasteiger partial charge in [-0.15, -0.1) is 0 Å². The highest BCUT2D eigenvalue weighted by Gasteiger charge is 2.35. The van der Waals surface area contributed by atoms with E-state index in [1.165, 1.54) is 30.7 Å². The smallest absolute Gasteiger partial charge is 0.302 e. The number of aromatic amines is 1. The summed E-state index contributed by atoms with van der Waals surface area (Å²) in [7, 11) is 0. The summed E-state index contributed by atoms with van der Waals surface area (Å²) in [6, 6.07) is 8.93. The standard InChI is InChI=1S/C22H18F2N4O2.C7H12O2.C2H6/c1-11-21(12(2)30-27-11)13-3-6-17-18(9-13)26-22(25-17)19-7-8-20(29)28(19)14-4-5-15(23)16(24)10-14;1-6(8)9-7-4-2-3-5-7;1-2/h3-6,9-10,19H,7-8H2,1-2H3,(H,25,26);7H,2-5H2,1H3;1-2H3/t19-;;/m0../s1. The Hall–Kier alpha value is -4.08. The molecule has 3 heterocycles. The zero-order valence-corrected chi connectivity index (χ0v) is 24.1. The number of imidazole rings is 1. The number of hydrogen-bond donors (Lipinski definition) is 1. The third-order valence-corrected chi connectivity index (χ3v) is 7.17. The molecule has 2 aromatic carbocycles. The van der Waals surface area contributed by atoms with Gasteiger partial charge in [-0.25, -0.2) is 13.8 Å². The van der Waals surface area contributed by atoms with Crippen molar-refractivity contribution < 1.29 is 27.6 Å². The molecule has 6 rings (SSSR count). The number of aryl methyl sites for hydroxylation is 2. The van der Waals surface area contributed by atoms with Crippen LogP contribution in [0.5, 0.6) is 0 Å². The Morgan fingerprint density at radius 1 is 1.05 bits per heavy atom. The largest absolute Gasteiger partial charge is 0.463 e. The first kappa shape index (κ1) is 29.9. The summed E-state index contributed by atoms with van der Waals surface area (Å²) in [5, 5.41) is 4.00. The first-order valence-electron chi connectivity index (χ1n) is 14.1. The topological polar surface area (TPSA) is 101 Å². The number of H-pyrrole nitrogens is 1. The van der Waals surface area contributed by atoms with Crippen LogP contribution in [0.2, 0.25) is 0 Å². The Morgan fingerprint density at radius 2 is 1.78 bits per heavy atom. The van der Waals surface area contributed by atoms with E-state index in [0.29, 0.717) is 24.4 Å². The Morgan fingerprint density at radius 3 is 2.41 bits per heavy atom. The van der Waals surface area contributed by atoms with Crippen LogP contribution >= 0.6 is 0 Å². The van der Waals surface area contributed by atoms with Crippen molar-refractivity contribution in [3.8, 4) is 11.1 Å². The predicted octanol–water partition coefficient (Wildman–Crippen LogP) is 7.50. The number of anilines is 1. The lowest BCUT2D eigenvalue weighted by Gasteiger charge is -2.23. The average Bonchev–Trinajstić information content (AvgIpc) is 3.74. The molecule has 1 amide bonds. The van der Waals surface area contributed by atoms with E-state index in [9.17, 15) is 18.4 Å². The van der Waals surface area contributed by atoms with Crippen molar-refractivity contribution in [3.05, 3.63) is 65.3 Å². The molecule has 0 unspecified atom stereocenters. The van der Waals surface area contributed by atoms with Crippen molar-refractivity contribution in [1.29, 1.82) is 0 Å². The van der Waals surface area contributed by atoms with Crippen molar-refractivity contribution in [2.45, 2.75) is 85.3 Å². The highest BCUT2D eigenvalue weighted by Crippen LogP contribution is 2.37. The molecule has 10 heteroatoms. The first-order valence-corrected chi connectivity index (χ1v) is 14.1. The van der Waals surface area contributed by atoms with Crippen LogP contribution in [0.3, 0.4) is 0 Å². The molecule has 4 aromatic rings. The van der Waals surface area contributed by atoms with Gasteiger partial charge in [-0.2, -0.15) is 0 Å². The van der Waals surface area contributed by atoms with Crippen molar-refractivity contribution in [2.75, 3.05) is 4.90 Å². The SMILES string of the molecule is CC.CC(=O)OC1CCCC1.Cc1noc(C)c1-c1ccc2nc([C@@H]3CCC(=O)N3c3ccc(F)c(F)c3)[nH]c2c1. The minimum Gasteiger partial charge on any atom is -0.463 e. The monoisotopic (exact) mass is 566 g/mol. The van der Waals surface area contributed by atoms with E-state index >= 15 is 0 Å². The molecular weight excluding hydrogens is 530 g/mol. The summed E-state index contributed by atoms with van der Waals surface area (Å²) in [6.07, 6.45) is 5.66. The predicted molar refractivity (Wildman–Crippen MR) is 152 cm³/mol. The molecule has 2 aliphatic rings. The van der Waals surface area contributed by atoms with Gasteiger partial charge in [0.2, 0.25) is 5.91 Å². The second-order valence-electron chi connectivity index (χ2n) is 9.99. The van der Waals surface area contributed by atoms with Gasteiger partial charge < -0.3 is 19.1 Å². The van der Waals surface area contributed by atoms with Crippen LogP contribution in [-0.4, -0.2) is 33.1 Å². The quantitative estimate of drug-likeness (QED) is 0.257. The maximum atomic E-state index is 13.8. The molecule has 1 aliphatic carbocycles. The van der Waals surface area contributed by atoms with Crippen LogP contribution in [0.4, 0.5) is 14.5 Å². The van der Waals surface area contributed by atoms with Gasteiger partial charge in [-0.05, 0) is 75.8 Å². The second-order valence-corrected chi connectivity index (χ2v) is 9.99. The molecule has 1 atom stereocenters. The van der Waals surface area contributed by atoms with E-state index in [2.05, 4.69) is 15.1 Å². The number of carbonyl (C=O) groups excluding carboxylic acids is 2. The number of rotatable bonds is 4. The van der Waals surface area contributed by atoms with Crippen LogP contribution < -0.4 is 4.90 Å². The molecule has 41 heavy (non-hydrogen) atoms. The number of aromatic nitrogens is 3. The highest BCUT2D eigenvalue weighted by atomic mass is 19.2. The van der Waals surface area contributed by atoms with Crippen LogP contribution in [0.15, 0.2) is 40.9 Å². The van der Waals surface area contributed by atoms with E-state index in [-0.39, 0.29) is 24.0 Å². The van der Waals surface area contributed by atoms with Crippen LogP contribution in [0, 0.1) is 25.5 Å². The zero-order chi connectivity index (χ0) is 29.7. The van der Waals surface area contributed by atoms with Crippen molar-refractivity contribution in [3.63, 3.8) is 0 Å². The normalized spacial score (nSPS) is 16.8. The van der Waals surface area contributed by atoms with Gasteiger partial charge in [0, 0.05) is 30.7 Å². The number of amides is 1. The summed E-state index contributed by atoms with van der Waals surface area (Å²) in [4.78, 5) is 32.3. The molecule has 1 saturated carbocycles. The van der Waals surface area contributed by atoms with Gasteiger partial charge in [0.15, 0.2) is 11.6 Å². The Bertz CT molecular complexity index is 1500. The lowest BCUT2D eigenvalue weighted by Crippen LogP contribution is -2.28. The molecular formula is C31H36F2N4O4. The first-order chi connectivity index (χ1) is 19.7. The zero-order valence-electron chi connectivity index (χ0n) is 24.1. The van der Waals surface area contributed by atoms with E-state index in [4.69, 9.17) is 9.26 Å². The lowest BCUT2D eigenvalue weighted by molar-refractivity contribution is -0.145. The molecule has 0 bridgehead atoms. The number of nitrogens with zero attached hydrogens (tertiary/aromatic N) is 3.